The normalized spacial score (nSPS) is 22.4. The Bertz CT molecular complexity index is 1060. The predicted octanol–water partition coefficient (Wildman–Crippen LogP) is 2.76. The molecule has 0 fully saturated rings. The quantitative estimate of drug-likeness (QED) is 0.789. The van der Waals surface area contributed by atoms with Crippen molar-refractivity contribution in [1.82, 2.24) is 4.98 Å². The molecule has 1 amide bonds. The van der Waals surface area contributed by atoms with Crippen molar-refractivity contribution in [3.63, 3.8) is 0 Å². The second-order valence-corrected chi connectivity index (χ2v) is 7.38. The van der Waals surface area contributed by atoms with Crippen LogP contribution in [0.1, 0.15) is 40.0 Å². The van der Waals surface area contributed by atoms with Crippen molar-refractivity contribution < 1.29 is 18.3 Å². The molecule has 30 heavy (non-hydrogen) atoms. The summed E-state index contributed by atoms with van der Waals surface area (Å²) < 4.78 is 35.4. The molecule has 9 heteroatoms. The largest absolute Gasteiger partial charge is 0.385 e. The van der Waals surface area contributed by atoms with Crippen LogP contribution in [0.4, 0.5) is 14.5 Å². The molecule has 0 radical (unpaired) electrons. The summed E-state index contributed by atoms with van der Waals surface area (Å²) in [6, 6.07) is 9.76. The van der Waals surface area contributed by atoms with Crippen LogP contribution in [0.5, 0.6) is 0 Å². The minimum Gasteiger partial charge on any atom is -0.385 e. The molecular weight excluding hydrogens is 392 g/mol. The van der Waals surface area contributed by atoms with E-state index in [0.717, 1.165) is 5.56 Å². The molecule has 1 aromatic carbocycles. The van der Waals surface area contributed by atoms with E-state index in [1.54, 1.807) is 12.1 Å². The van der Waals surface area contributed by atoms with Gasteiger partial charge in [0.25, 0.3) is 11.8 Å². The van der Waals surface area contributed by atoms with E-state index in [4.69, 9.17) is 15.7 Å². The molecule has 7 nitrogen and oxygen atoms in total. The van der Waals surface area contributed by atoms with Crippen LogP contribution in [-0.2, 0) is 16.7 Å². The Morgan fingerprint density at radius 2 is 2.13 bits per heavy atom. The number of aliphatic imine (C=N–C) groups is 1. The van der Waals surface area contributed by atoms with Crippen LogP contribution in [0.2, 0.25) is 0 Å². The number of amides is 1. The molecule has 2 aliphatic rings. The summed E-state index contributed by atoms with van der Waals surface area (Å²) >= 11 is 0. The molecule has 0 saturated heterocycles. The number of carbonyl (C=O) groups excluding carboxylic acids is 1. The lowest BCUT2D eigenvalue weighted by molar-refractivity contribution is -0.125. The second-order valence-electron chi connectivity index (χ2n) is 7.38. The maximum absolute atomic E-state index is 15.2. The van der Waals surface area contributed by atoms with Crippen LogP contribution in [0.15, 0.2) is 41.5 Å². The van der Waals surface area contributed by atoms with Crippen LogP contribution in [0, 0.1) is 11.3 Å². The number of nitriles is 1. The van der Waals surface area contributed by atoms with Crippen LogP contribution in [0.25, 0.3) is 0 Å². The van der Waals surface area contributed by atoms with E-state index in [1.807, 2.05) is 6.07 Å². The number of nitrogens with one attached hydrogen (secondary N) is 1. The highest BCUT2D eigenvalue weighted by molar-refractivity contribution is 6.03. The number of halogens is 2. The maximum atomic E-state index is 15.2. The fraction of sp³-hybridized carbons (Fsp3) is 0.333. The van der Waals surface area contributed by atoms with Crippen molar-refractivity contribution in [1.29, 1.82) is 5.26 Å². The number of ether oxygens (including phenoxy) is 1. The van der Waals surface area contributed by atoms with Gasteiger partial charge in [-0.05, 0) is 54.7 Å². The van der Waals surface area contributed by atoms with Crippen molar-refractivity contribution in [3.8, 4) is 6.07 Å². The molecular formula is C21H19F2N5O2. The Morgan fingerprint density at radius 1 is 1.30 bits per heavy atom. The first kappa shape index (κ1) is 19.9. The third kappa shape index (κ3) is 3.39. The van der Waals surface area contributed by atoms with Crippen molar-refractivity contribution in [3.05, 3.63) is 58.9 Å². The number of hydrogen-bond donors (Lipinski definition) is 2. The number of benzene rings is 1. The van der Waals surface area contributed by atoms with Gasteiger partial charge in [-0.2, -0.15) is 5.26 Å². The molecule has 2 aromatic rings. The van der Waals surface area contributed by atoms with Crippen LogP contribution < -0.4 is 11.1 Å². The molecule has 1 aromatic heterocycles. The van der Waals surface area contributed by atoms with Crippen molar-refractivity contribution in [2.45, 2.75) is 30.7 Å². The van der Waals surface area contributed by atoms with Gasteiger partial charge in [0.05, 0.1) is 5.56 Å². The lowest BCUT2D eigenvalue weighted by Crippen LogP contribution is -2.48. The summed E-state index contributed by atoms with van der Waals surface area (Å²) in [4.78, 5) is 20.7. The fourth-order valence-electron chi connectivity index (χ4n) is 3.97. The van der Waals surface area contributed by atoms with Gasteiger partial charge in [-0.3, -0.25) is 9.79 Å². The van der Waals surface area contributed by atoms with E-state index in [9.17, 15) is 4.79 Å². The first-order valence-corrected chi connectivity index (χ1v) is 9.45. The molecule has 3 N–H and O–H groups in total. The Kier molecular flexibility index (Phi) is 4.95. The SMILES string of the molecule is N#Cc1ccc(C(=O)Nc2ccc3c(c2)[C@@]2(CCC3)N=C(N)COCC2(F)F)nc1. The zero-order valence-corrected chi connectivity index (χ0v) is 16.0. The Labute approximate surface area is 171 Å². The highest BCUT2D eigenvalue weighted by atomic mass is 19.3. The van der Waals surface area contributed by atoms with Crippen LogP contribution in [-0.4, -0.2) is 35.9 Å². The molecule has 154 valence electrons. The number of nitrogens with zero attached hydrogens (tertiary/aromatic N) is 3. The second kappa shape index (κ2) is 7.46. The third-order valence-electron chi connectivity index (χ3n) is 5.40. The Morgan fingerprint density at radius 3 is 2.87 bits per heavy atom. The summed E-state index contributed by atoms with van der Waals surface area (Å²) in [5.74, 6) is -3.74. The lowest BCUT2D eigenvalue weighted by atomic mass is 9.73. The van der Waals surface area contributed by atoms with E-state index in [2.05, 4.69) is 15.3 Å². The zero-order chi connectivity index (χ0) is 21.4. The van der Waals surface area contributed by atoms with E-state index in [1.165, 1.54) is 24.4 Å². The van der Waals surface area contributed by atoms with E-state index < -0.39 is 24.0 Å². The highest BCUT2D eigenvalue weighted by Crippen LogP contribution is 2.50. The molecule has 0 bridgehead atoms. The van der Waals surface area contributed by atoms with Crippen LogP contribution >= 0.6 is 0 Å². The number of rotatable bonds is 2. The number of aryl methyl sites for hydroxylation is 1. The van der Waals surface area contributed by atoms with Gasteiger partial charge in [0, 0.05) is 11.9 Å². The molecule has 1 aliphatic carbocycles. The molecule has 2 heterocycles. The average molecular weight is 411 g/mol. The number of aromatic nitrogens is 1. The van der Waals surface area contributed by atoms with Gasteiger partial charge in [0.15, 0.2) is 5.54 Å². The minimum atomic E-state index is -3.25. The summed E-state index contributed by atoms with van der Waals surface area (Å²) in [6.07, 6.45) is 2.60. The molecule has 4 rings (SSSR count). The Balaban J connectivity index is 1.71. The van der Waals surface area contributed by atoms with E-state index in [0.29, 0.717) is 29.7 Å². The fourth-order valence-corrected chi connectivity index (χ4v) is 3.97. The lowest BCUT2D eigenvalue weighted by Gasteiger charge is -2.40. The van der Waals surface area contributed by atoms with Gasteiger partial charge < -0.3 is 15.8 Å². The Hall–Kier alpha value is -3.38. The number of pyridine rings is 1. The molecule has 1 spiro atoms. The molecule has 0 saturated carbocycles. The number of amidine groups is 1. The minimum absolute atomic E-state index is 0.0243. The molecule has 1 aliphatic heterocycles. The van der Waals surface area contributed by atoms with Gasteiger partial charge in [0.2, 0.25) is 0 Å². The van der Waals surface area contributed by atoms with Gasteiger partial charge in [-0.1, -0.05) is 6.07 Å². The number of fused-ring (bicyclic) bond motifs is 2. The number of nitrogens with two attached hydrogens (primary N) is 1. The van der Waals surface area contributed by atoms with Gasteiger partial charge >= 0.3 is 0 Å². The van der Waals surface area contributed by atoms with Gasteiger partial charge in [0.1, 0.15) is 30.8 Å². The standard InChI is InChI=1S/C21H19F2N5O2/c22-21(23)12-30-11-18(25)28-20(21)7-1-2-14-4-5-15(8-16(14)20)27-19(29)17-6-3-13(9-24)10-26-17/h3-6,8,10H,1-2,7,11-12H2,(H2,25,28)(H,27,29)/t20-/m1/s1. The number of alkyl halides is 2. The summed E-state index contributed by atoms with van der Waals surface area (Å²) in [6.45, 7) is -0.921. The average Bonchev–Trinajstić information content (AvgIpc) is 2.84. The summed E-state index contributed by atoms with van der Waals surface area (Å²) in [5.41, 5.74) is 5.88. The highest BCUT2D eigenvalue weighted by Gasteiger charge is 2.57. The third-order valence-corrected chi connectivity index (χ3v) is 5.40. The van der Waals surface area contributed by atoms with Crippen LogP contribution in [0.3, 0.4) is 0 Å². The maximum Gasteiger partial charge on any atom is 0.299 e. The molecule has 1 atom stereocenters. The first-order chi connectivity index (χ1) is 14.3. The first-order valence-electron chi connectivity index (χ1n) is 9.45. The van der Waals surface area contributed by atoms with Crippen molar-refractivity contribution in [2.75, 3.05) is 18.5 Å². The van der Waals surface area contributed by atoms with Crippen molar-refractivity contribution in [2.24, 2.45) is 10.7 Å². The topological polar surface area (TPSA) is 113 Å². The smallest absolute Gasteiger partial charge is 0.299 e. The molecule has 0 unspecified atom stereocenters. The van der Waals surface area contributed by atoms with Gasteiger partial charge in [-0.25, -0.2) is 13.8 Å². The number of carbonyl (C=O) groups is 1. The number of hydrogen-bond acceptors (Lipinski definition) is 6. The summed E-state index contributed by atoms with van der Waals surface area (Å²) in [5, 5.41) is 11.5. The van der Waals surface area contributed by atoms with E-state index in [-0.39, 0.29) is 24.6 Å². The zero-order valence-electron chi connectivity index (χ0n) is 16.0. The predicted molar refractivity (Wildman–Crippen MR) is 105 cm³/mol. The monoisotopic (exact) mass is 411 g/mol. The van der Waals surface area contributed by atoms with Crippen molar-refractivity contribution >= 4 is 17.4 Å². The van der Waals surface area contributed by atoms with Gasteiger partial charge in [-0.15, -0.1) is 0 Å². The van der Waals surface area contributed by atoms with E-state index >= 15 is 8.78 Å². The summed E-state index contributed by atoms with van der Waals surface area (Å²) in [7, 11) is 0. The number of anilines is 1.